The van der Waals surface area contributed by atoms with Crippen LogP contribution < -0.4 is 5.73 Å². The van der Waals surface area contributed by atoms with E-state index in [2.05, 4.69) is 31.0 Å². The number of oxazole rings is 1. The number of aryl methyl sites for hydroxylation is 1. The van der Waals surface area contributed by atoms with Crippen LogP contribution in [0, 0.1) is 6.92 Å². The molecule has 21 heavy (non-hydrogen) atoms. The van der Waals surface area contributed by atoms with Gasteiger partial charge in [-0.3, -0.25) is 0 Å². The van der Waals surface area contributed by atoms with Crippen molar-refractivity contribution in [3.63, 3.8) is 0 Å². The summed E-state index contributed by atoms with van der Waals surface area (Å²) in [4.78, 5) is 4.61. The van der Waals surface area contributed by atoms with Gasteiger partial charge in [0.15, 0.2) is 5.58 Å². The van der Waals surface area contributed by atoms with Crippen molar-refractivity contribution < 1.29 is 4.42 Å². The van der Waals surface area contributed by atoms with Crippen molar-refractivity contribution in [3.05, 3.63) is 47.5 Å². The molecule has 1 atom stereocenters. The Bertz CT molecular complexity index is 789. The molecule has 0 aliphatic carbocycles. The van der Waals surface area contributed by atoms with E-state index < -0.39 is 0 Å². The largest absolute Gasteiger partial charge is 0.436 e. The van der Waals surface area contributed by atoms with Crippen LogP contribution in [0.5, 0.6) is 0 Å². The van der Waals surface area contributed by atoms with Crippen LogP contribution in [0.3, 0.4) is 0 Å². The van der Waals surface area contributed by atoms with E-state index >= 15 is 0 Å². The summed E-state index contributed by atoms with van der Waals surface area (Å²) >= 11 is 0. The second-order valence-electron chi connectivity index (χ2n) is 5.63. The highest BCUT2D eigenvalue weighted by atomic mass is 16.3. The fourth-order valence-electron chi connectivity index (χ4n) is 2.38. The van der Waals surface area contributed by atoms with E-state index in [9.17, 15) is 0 Å². The number of rotatable bonds is 3. The average Bonchev–Trinajstić information content (AvgIpc) is 2.92. The average molecular weight is 280 g/mol. The van der Waals surface area contributed by atoms with Crippen molar-refractivity contribution in [1.29, 1.82) is 0 Å². The molecular formula is C18H20N2O. The lowest BCUT2D eigenvalue weighted by Gasteiger charge is -2.07. The lowest BCUT2D eigenvalue weighted by molar-refractivity contribution is 0.619. The monoisotopic (exact) mass is 280 g/mol. The highest BCUT2D eigenvalue weighted by molar-refractivity contribution is 5.77. The number of aromatic nitrogens is 1. The molecule has 0 spiro atoms. The number of anilines is 1. The summed E-state index contributed by atoms with van der Waals surface area (Å²) in [5.41, 5.74) is 11.7. The van der Waals surface area contributed by atoms with Gasteiger partial charge in [0.25, 0.3) is 0 Å². The third kappa shape index (κ3) is 2.51. The number of nitrogens with two attached hydrogens (primary N) is 1. The SMILES string of the molecule is CC[C@@H](C)c1ccc2oc(-c3ccc(C)c(N)c3)nc2c1. The zero-order chi connectivity index (χ0) is 15.0. The van der Waals surface area contributed by atoms with Crippen molar-refractivity contribution >= 4 is 16.8 Å². The van der Waals surface area contributed by atoms with E-state index in [4.69, 9.17) is 10.2 Å². The lowest BCUT2D eigenvalue weighted by atomic mass is 9.98. The molecule has 0 amide bonds. The Morgan fingerprint density at radius 2 is 2.00 bits per heavy atom. The topological polar surface area (TPSA) is 52.0 Å². The Balaban J connectivity index is 2.06. The van der Waals surface area contributed by atoms with Crippen LogP contribution in [0.15, 0.2) is 40.8 Å². The quantitative estimate of drug-likeness (QED) is 0.694. The number of nitrogens with zero attached hydrogens (tertiary/aromatic N) is 1. The van der Waals surface area contributed by atoms with Crippen LogP contribution >= 0.6 is 0 Å². The summed E-state index contributed by atoms with van der Waals surface area (Å²) in [6.45, 7) is 6.41. The number of fused-ring (bicyclic) bond motifs is 1. The minimum Gasteiger partial charge on any atom is -0.436 e. The minimum absolute atomic E-state index is 0.532. The second-order valence-corrected chi connectivity index (χ2v) is 5.63. The molecule has 108 valence electrons. The first kappa shape index (κ1) is 13.7. The molecule has 3 rings (SSSR count). The summed E-state index contributed by atoms with van der Waals surface area (Å²) in [7, 11) is 0. The van der Waals surface area contributed by atoms with Gasteiger partial charge in [-0.15, -0.1) is 0 Å². The first-order valence-corrected chi connectivity index (χ1v) is 7.35. The first-order chi connectivity index (χ1) is 10.1. The predicted octanol–water partition coefficient (Wildman–Crippen LogP) is 4.90. The van der Waals surface area contributed by atoms with Gasteiger partial charge < -0.3 is 10.2 Å². The smallest absolute Gasteiger partial charge is 0.227 e. The Labute approximate surface area is 124 Å². The Morgan fingerprint density at radius 3 is 2.71 bits per heavy atom. The standard InChI is InChI=1S/C18H20N2O/c1-4-11(2)13-7-8-17-16(10-13)20-18(21-17)14-6-5-12(3)15(19)9-14/h5-11H,4,19H2,1-3H3/t11-/m1/s1. The summed E-state index contributed by atoms with van der Waals surface area (Å²) in [6.07, 6.45) is 1.12. The number of hydrogen-bond donors (Lipinski definition) is 1. The highest BCUT2D eigenvalue weighted by Crippen LogP contribution is 2.29. The highest BCUT2D eigenvalue weighted by Gasteiger charge is 2.11. The molecule has 0 saturated carbocycles. The van der Waals surface area contributed by atoms with Crippen LogP contribution in [-0.2, 0) is 0 Å². The van der Waals surface area contributed by atoms with Crippen LogP contribution in [0.2, 0.25) is 0 Å². The number of benzene rings is 2. The van der Waals surface area contributed by atoms with Crippen molar-refractivity contribution in [1.82, 2.24) is 4.98 Å². The molecule has 1 aromatic heterocycles. The van der Waals surface area contributed by atoms with Crippen molar-refractivity contribution in [2.45, 2.75) is 33.1 Å². The fourth-order valence-corrected chi connectivity index (χ4v) is 2.38. The first-order valence-electron chi connectivity index (χ1n) is 7.35. The van der Waals surface area contributed by atoms with Gasteiger partial charge >= 0.3 is 0 Å². The number of nitrogen functional groups attached to an aromatic ring is 1. The molecule has 0 fully saturated rings. The Kier molecular flexibility index (Phi) is 3.42. The van der Waals surface area contributed by atoms with Crippen molar-refractivity contribution in [3.8, 4) is 11.5 Å². The summed E-state index contributed by atoms with van der Waals surface area (Å²) in [5, 5.41) is 0. The van der Waals surface area contributed by atoms with E-state index in [0.29, 0.717) is 11.8 Å². The van der Waals surface area contributed by atoms with Crippen molar-refractivity contribution in [2.75, 3.05) is 5.73 Å². The Hall–Kier alpha value is -2.29. The van der Waals surface area contributed by atoms with E-state index in [1.807, 2.05) is 31.2 Å². The van der Waals surface area contributed by atoms with Gasteiger partial charge in [0.1, 0.15) is 5.52 Å². The summed E-state index contributed by atoms with van der Waals surface area (Å²) < 4.78 is 5.85. The summed E-state index contributed by atoms with van der Waals surface area (Å²) in [5.74, 6) is 1.16. The third-order valence-electron chi connectivity index (χ3n) is 4.12. The molecule has 2 aromatic carbocycles. The van der Waals surface area contributed by atoms with E-state index in [-0.39, 0.29) is 0 Å². The van der Waals surface area contributed by atoms with Crippen LogP contribution in [0.25, 0.3) is 22.6 Å². The van der Waals surface area contributed by atoms with E-state index in [0.717, 1.165) is 34.3 Å². The van der Waals surface area contributed by atoms with Gasteiger partial charge in [0.2, 0.25) is 5.89 Å². The van der Waals surface area contributed by atoms with Crippen molar-refractivity contribution in [2.24, 2.45) is 0 Å². The van der Waals surface area contributed by atoms with E-state index in [1.165, 1.54) is 5.56 Å². The molecule has 0 unspecified atom stereocenters. The summed E-state index contributed by atoms with van der Waals surface area (Å²) in [6, 6.07) is 12.1. The van der Waals surface area contributed by atoms with Gasteiger partial charge in [-0.05, 0) is 54.7 Å². The zero-order valence-corrected chi connectivity index (χ0v) is 12.7. The minimum atomic E-state index is 0.532. The molecular weight excluding hydrogens is 260 g/mol. The van der Waals surface area contributed by atoms with Gasteiger partial charge in [-0.1, -0.05) is 26.0 Å². The second kappa shape index (κ2) is 5.24. The maximum absolute atomic E-state index is 5.96. The van der Waals surface area contributed by atoms with Gasteiger partial charge in [0.05, 0.1) is 0 Å². The van der Waals surface area contributed by atoms with Gasteiger partial charge in [-0.2, -0.15) is 0 Å². The molecule has 3 nitrogen and oxygen atoms in total. The molecule has 0 aliphatic heterocycles. The van der Waals surface area contributed by atoms with E-state index in [1.54, 1.807) is 0 Å². The molecule has 0 aliphatic rings. The third-order valence-corrected chi connectivity index (χ3v) is 4.12. The molecule has 1 heterocycles. The molecule has 2 N–H and O–H groups in total. The van der Waals surface area contributed by atoms with Gasteiger partial charge in [0, 0.05) is 11.3 Å². The molecule has 0 saturated heterocycles. The van der Waals surface area contributed by atoms with Crippen LogP contribution in [-0.4, -0.2) is 4.98 Å². The predicted molar refractivity (Wildman–Crippen MR) is 87.3 cm³/mol. The Morgan fingerprint density at radius 1 is 1.19 bits per heavy atom. The zero-order valence-electron chi connectivity index (χ0n) is 12.7. The maximum Gasteiger partial charge on any atom is 0.227 e. The van der Waals surface area contributed by atoms with Crippen LogP contribution in [0.4, 0.5) is 5.69 Å². The normalized spacial score (nSPS) is 12.7. The maximum atomic E-state index is 5.96. The van der Waals surface area contributed by atoms with Crippen LogP contribution in [0.1, 0.15) is 37.3 Å². The molecule has 0 radical (unpaired) electrons. The van der Waals surface area contributed by atoms with Gasteiger partial charge in [-0.25, -0.2) is 4.98 Å². The lowest BCUT2D eigenvalue weighted by Crippen LogP contribution is -1.90. The number of hydrogen-bond acceptors (Lipinski definition) is 3. The molecule has 3 aromatic rings. The molecule has 0 bridgehead atoms. The fraction of sp³-hybridized carbons (Fsp3) is 0.278. The molecule has 3 heteroatoms.